The predicted octanol–water partition coefficient (Wildman–Crippen LogP) is 3.01. The van der Waals surface area contributed by atoms with E-state index < -0.39 is 5.54 Å². The number of aryl methyl sites for hydroxylation is 2. The number of hydrogen-bond donors (Lipinski definition) is 1. The number of nitrogens with two attached hydrogens (primary N) is 1. The molecule has 8 nitrogen and oxygen atoms in total. The number of rotatable bonds is 4. The second-order valence-corrected chi connectivity index (χ2v) is 8.60. The van der Waals surface area contributed by atoms with Gasteiger partial charge in [-0.2, -0.15) is 0 Å². The molecule has 0 bridgehead atoms. The number of fused-ring (bicyclic) bond motifs is 1. The van der Waals surface area contributed by atoms with E-state index in [1.807, 2.05) is 24.3 Å². The Kier molecular flexibility index (Phi) is 5.44. The van der Waals surface area contributed by atoms with Crippen LogP contribution in [-0.2, 0) is 19.6 Å². The van der Waals surface area contributed by atoms with Crippen molar-refractivity contribution in [2.75, 3.05) is 0 Å². The lowest BCUT2D eigenvalue weighted by Crippen LogP contribution is -2.41. The van der Waals surface area contributed by atoms with Crippen molar-refractivity contribution < 1.29 is 0 Å². The zero-order valence-corrected chi connectivity index (χ0v) is 19.7. The van der Waals surface area contributed by atoms with Crippen molar-refractivity contribution in [3.8, 4) is 23.6 Å². The standard InChI is InChI=1S/C26H20ClN7O/c1-4-19-6-5-7-22(31-19)20-13-24(35)33(2)25-21(20)12-17(14-29-25)26(28,23-15-30-32-34(23)3)16-8-10-18(27)11-9-16/h1,5-15H,28H2,2-3H3. The van der Waals surface area contributed by atoms with Crippen molar-refractivity contribution in [1.29, 1.82) is 0 Å². The average Bonchev–Trinajstić information content (AvgIpc) is 3.32. The summed E-state index contributed by atoms with van der Waals surface area (Å²) in [5, 5.41) is 9.42. The normalized spacial score (nSPS) is 12.9. The molecule has 0 aliphatic rings. The van der Waals surface area contributed by atoms with Crippen LogP contribution in [-0.4, -0.2) is 29.5 Å². The highest BCUT2D eigenvalue weighted by atomic mass is 35.5. The molecule has 0 fully saturated rings. The molecule has 172 valence electrons. The van der Waals surface area contributed by atoms with Crippen molar-refractivity contribution in [2.45, 2.75) is 5.54 Å². The highest BCUT2D eigenvalue weighted by Gasteiger charge is 2.36. The van der Waals surface area contributed by atoms with E-state index in [1.54, 1.807) is 55.4 Å². The largest absolute Gasteiger partial charge is 0.313 e. The smallest absolute Gasteiger partial charge is 0.252 e. The lowest BCUT2D eigenvalue weighted by molar-refractivity contribution is 0.562. The molecule has 1 unspecified atom stereocenters. The van der Waals surface area contributed by atoms with Crippen LogP contribution in [0.5, 0.6) is 0 Å². The highest BCUT2D eigenvalue weighted by Crippen LogP contribution is 2.36. The number of hydrogen-bond acceptors (Lipinski definition) is 6. The minimum Gasteiger partial charge on any atom is -0.313 e. The summed E-state index contributed by atoms with van der Waals surface area (Å²) in [4.78, 5) is 21.9. The van der Waals surface area contributed by atoms with Gasteiger partial charge in [0.1, 0.15) is 16.9 Å². The maximum Gasteiger partial charge on any atom is 0.252 e. The molecule has 9 heteroatoms. The van der Waals surface area contributed by atoms with E-state index in [1.165, 1.54) is 10.6 Å². The predicted molar refractivity (Wildman–Crippen MR) is 135 cm³/mol. The monoisotopic (exact) mass is 481 g/mol. The fourth-order valence-electron chi connectivity index (χ4n) is 4.24. The van der Waals surface area contributed by atoms with Crippen LogP contribution in [0.15, 0.2) is 71.8 Å². The number of nitrogens with zero attached hydrogens (tertiary/aromatic N) is 6. The number of pyridine rings is 3. The molecule has 0 aliphatic heterocycles. The van der Waals surface area contributed by atoms with Gasteiger partial charge in [-0.1, -0.05) is 40.9 Å². The highest BCUT2D eigenvalue weighted by molar-refractivity contribution is 6.30. The Morgan fingerprint density at radius 1 is 1.06 bits per heavy atom. The van der Waals surface area contributed by atoms with Crippen molar-refractivity contribution >= 4 is 22.6 Å². The molecule has 1 aromatic carbocycles. The summed E-state index contributed by atoms with van der Waals surface area (Å²) >= 11 is 6.15. The Labute approximate surface area is 206 Å². The quantitative estimate of drug-likeness (QED) is 0.396. The van der Waals surface area contributed by atoms with E-state index >= 15 is 0 Å². The van der Waals surface area contributed by atoms with E-state index in [4.69, 9.17) is 23.8 Å². The molecule has 5 rings (SSSR count). The Balaban J connectivity index is 1.84. The third kappa shape index (κ3) is 3.67. The van der Waals surface area contributed by atoms with Crippen molar-refractivity contribution in [3.63, 3.8) is 0 Å². The zero-order chi connectivity index (χ0) is 24.7. The molecule has 5 aromatic rings. The SMILES string of the molecule is C#Cc1cccc(-c2cc(=O)n(C)c3ncc(C(N)(c4ccc(Cl)cc4)c4cnnn4C)cc23)n1. The molecule has 0 saturated heterocycles. The maximum absolute atomic E-state index is 12.7. The van der Waals surface area contributed by atoms with E-state index in [9.17, 15) is 4.79 Å². The van der Waals surface area contributed by atoms with Gasteiger partial charge in [-0.3, -0.25) is 9.36 Å². The van der Waals surface area contributed by atoms with E-state index in [0.29, 0.717) is 44.3 Å². The van der Waals surface area contributed by atoms with Crippen LogP contribution in [0.25, 0.3) is 22.3 Å². The summed E-state index contributed by atoms with van der Waals surface area (Å²) in [7, 11) is 3.45. The van der Waals surface area contributed by atoms with Gasteiger partial charge in [-0.15, -0.1) is 11.5 Å². The number of terminal acetylenes is 1. The first kappa shape index (κ1) is 22.5. The Morgan fingerprint density at radius 3 is 2.51 bits per heavy atom. The van der Waals surface area contributed by atoms with E-state index in [0.717, 1.165) is 5.56 Å². The van der Waals surface area contributed by atoms with Gasteiger partial charge < -0.3 is 5.73 Å². The fourth-order valence-corrected chi connectivity index (χ4v) is 4.37. The zero-order valence-electron chi connectivity index (χ0n) is 19.0. The van der Waals surface area contributed by atoms with Crippen molar-refractivity contribution in [2.24, 2.45) is 19.8 Å². The summed E-state index contributed by atoms with van der Waals surface area (Å²) in [6.07, 6.45) is 8.85. The van der Waals surface area contributed by atoms with Gasteiger partial charge in [-0.25, -0.2) is 14.6 Å². The molecule has 4 aromatic heterocycles. The van der Waals surface area contributed by atoms with Crippen molar-refractivity contribution in [3.05, 3.63) is 105 Å². The van der Waals surface area contributed by atoms with Gasteiger partial charge in [0.15, 0.2) is 0 Å². The van der Waals surface area contributed by atoms with Crippen molar-refractivity contribution in [1.82, 2.24) is 29.5 Å². The van der Waals surface area contributed by atoms with E-state index in [-0.39, 0.29) is 5.56 Å². The Morgan fingerprint density at radius 2 is 1.83 bits per heavy atom. The number of aromatic nitrogens is 6. The van der Waals surface area contributed by atoms with Gasteiger partial charge in [0.25, 0.3) is 5.56 Å². The fraction of sp³-hybridized carbons (Fsp3) is 0.115. The second kappa shape index (κ2) is 8.47. The molecule has 0 amide bonds. The molecule has 0 saturated carbocycles. The van der Waals surface area contributed by atoms with E-state index in [2.05, 4.69) is 26.2 Å². The first-order chi connectivity index (χ1) is 16.8. The Hall–Kier alpha value is -4.32. The van der Waals surface area contributed by atoms with Gasteiger partial charge in [0.05, 0.1) is 17.6 Å². The molecule has 0 radical (unpaired) electrons. The number of benzene rings is 1. The van der Waals surface area contributed by atoms with Gasteiger partial charge in [-0.05, 0) is 35.9 Å². The number of halogens is 1. The summed E-state index contributed by atoms with van der Waals surface area (Å²) in [5.41, 5.74) is 10.0. The summed E-state index contributed by atoms with van der Waals surface area (Å²) in [6.45, 7) is 0. The maximum atomic E-state index is 12.7. The molecule has 35 heavy (non-hydrogen) atoms. The molecular weight excluding hydrogens is 462 g/mol. The van der Waals surface area contributed by atoms with Gasteiger partial charge in [0.2, 0.25) is 0 Å². The van der Waals surface area contributed by atoms with Crippen LogP contribution in [0.2, 0.25) is 5.02 Å². The molecule has 0 aliphatic carbocycles. The van der Waals surface area contributed by atoms with Crippen LogP contribution < -0.4 is 11.3 Å². The average molecular weight is 482 g/mol. The minimum absolute atomic E-state index is 0.215. The molecule has 2 N–H and O–H groups in total. The third-order valence-electron chi connectivity index (χ3n) is 6.12. The first-order valence-corrected chi connectivity index (χ1v) is 11.0. The summed E-state index contributed by atoms with van der Waals surface area (Å²) in [6, 6.07) is 16.1. The summed E-state index contributed by atoms with van der Waals surface area (Å²) < 4.78 is 3.11. The van der Waals surface area contributed by atoms with Crippen LogP contribution in [0.3, 0.4) is 0 Å². The van der Waals surface area contributed by atoms with Crippen LogP contribution >= 0.6 is 11.6 Å². The molecule has 4 heterocycles. The molecule has 1 atom stereocenters. The first-order valence-electron chi connectivity index (χ1n) is 10.7. The van der Waals surface area contributed by atoms with Crippen LogP contribution in [0, 0.1) is 12.3 Å². The van der Waals surface area contributed by atoms with Gasteiger partial charge in [0, 0.05) is 47.9 Å². The molecular formula is C26H20ClN7O. The summed E-state index contributed by atoms with van der Waals surface area (Å²) in [5.74, 6) is 2.54. The second-order valence-electron chi connectivity index (χ2n) is 8.16. The van der Waals surface area contributed by atoms with Crippen LogP contribution in [0.4, 0.5) is 0 Å². The Bertz CT molecular complexity index is 1680. The lowest BCUT2D eigenvalue weighted by atomic mass is 9.81. The third-order valence-corrected chi connectivity index (χ3v) is 6.37. The topological polar surface area (TPSA) is 105 Å². The minimum atomic E-state index is -1.16. The van der Waals surface area contributed by atoms with Gasteiger partial charge >= 0.3 is 0 Å². The molecule has 0 spiro atoms. The van der Waals surface area contributed by atoms with Crippen LogP contribution in [0.1, 0.15) is 22.5 Å². The lowest BCUT2D eigenvalue weighted by Gasteiger charge is -2.30.